The van der Waals surface area contributed by atoms with Crippen molar-refractivity contribution in [1.29, 1.82) is 0 Å². The molecule has 2 N–H and O–H groups in total. The zero-order chi connectivity index (χ0) is 13.1. The Morgan fingerprint density at radius 2 is 2.06 bits per heavy atom. The average molecular weight is 242 g/mol. The molecule has 0 heterocycles. The highest BCUT2D eigenvalue weighted by molar-refractivity contribution is 5.77. The minimum Gasteiger partial charge on any atom is -0.383 e. The van der Waals surface area contributed by atoms with Gasteiger partial charge in [0.25, 0.3) is 0 Å². The van der Waals surface area contributed by atoms with Crippen molar-refractivity contribution in [3.8, 4) is 0 Å². The number of hydrogen-bond donors (Lipinski definition) is 1. The summed E-state index contributed by atoms with van der Waals surface area (Å²) in [5.41, 5.74) is 6.04. The molecule has 0 aromatic heterocycles. The summed E-state index contributed by atoms with van der Waals surface area (Å²) in [6.45, 7) is 7.51. The number of carbonyl (C=O) groups excluding carboxylic acids is 1. The van der Waals surface area contributed by atoms with Gasteiger partial charge >= 0.3 is 0 Å². The maximum Gasteiger partial charge on any atom is 0.224 e. The molecule has 0 aromatic carbocycles. The summed E-state index contributed by atoms with van der Waals surface area (Å²) in [5.74, 6) is 0.173. The fraction of sp³-hybridized carbons (Fsp3) is 0.923. The van der Waals surface area contributed by atoms with Gasteiger partial charge in [0.2, 0.25) is 5.91 Å². The summed E-state index contributed by atoms with van der Waals surface area (Å²) in [4.78, 5) is 14.1. The number of amides is 1. The summed E-state index contributed by atoms with van der Waals surface area (Å²) in [7, 11) is 1.66. The largest absolute Gasteiger partial charge is 0.383 e. The molecular formula is C13H26N2O2. The van der Waals surface area contributed by atoms with Crippen LogP contribution in [-0.4, -0.2) is 43.2 Å². The van der Waals surface area contributed by atoms with Crippen LogP contribution in [0.3, 0.4) is 0 Å². The third-order valence-electron chi connectivity index (χ3n) is 3.35. The Bertz CT molecular complexity index is 257. The number of nitrogens with two attached hydrogens (primary N) is 1. The van der Waals surface area contributed by atoms with Crippen molar-refractivity contribution in [2.75, 3.05) is 20.3 Å². The highest BCUT2D eigenvalue weighted by atomic mass is 16.5. The van der Waals surface area contributed by atoms with Gasteiger partial charge in [-0.25, -0.2) is 0 Å². The van der Waals surface area contributed by atoms with Gasteiger partial charge in [0.15, 0.2) is 0 Å². The van der Waals surface area contributed by atoms with E-state index in [-0.39, 0.29) is 17.4 Å². The van der Waals surface area contributed by atoms with Gasteiger partial charge in [0, 0.05) is 32.2 Å². The van der Waals surface area contributed by atoms with Crippen LogP contribution in [0.15, 0.2) is 0 Å². The molecular weight excluding hydrogens is 216 g/mol. The highest BCUT2D eigenvalue weighted by Gasteiger charge is 2.34. The first-order chi connectivity index (χ1) is 7.86. The topological polar surface area (TPSA) is 55.6 Å². The second-order valence-electron chi connectivity index (χ2n) is 5.99. The van der Waals surface area contributed by atoms with Crippen molar-refractivity contribution in [3.05, 3.63) is 0 Å². The lowest BCUT2D eigenvalue weighted by molar-refractivity contribution is -0.133. The molecule has 1 atom stereocenters. The molecule has 17 heavy (non-hydrogen) atoms. The molecule has 0 bridgehead atoms. The Morgan fingerprint density at radius 1 is 1.47 bits per heavy atom. The first-order valence-electron chi connectivity index (χ1n) is 6.40. The van der Waals surface area contributed by atoms with Gasteiger partial charge in [-0.2, -0.15) is 0 Å². The number of rotatable bonds is 6. The molecule has 1 aliphatic carbocycles. The monoisotopic (exact) mass is 242 g/mol. The number of ether oxygens (including phenoxy) is 1. The molecule has 0 spiro atoms. The van der Waals surface area contributed by atoms with E-state index in [1.807, 2.05) is 4.90 Å². The lowest BCUT2D eigenvalue weighted by Crippen LogP contribution is -2.43. The summed E-state index contributed by atoms with van der Waals surface area (Å²) in [6, 6.07) is 0.351. The van der Waals surface area contributed by atoms with Crippen LogP contribution < -0.4 is 5.73 Å². The van der Waals surface area contributed by atoms with Gasteiger partial charge in [0.05, 0.1) is 6.61 Å². The molecule has 1 rings (SSSR count). The zero-order valence-corrected chi connectivity index (χ0v) is 11.5. The summed E-state index contributed by atoms with van der Waals surface area (Å²) in [6.07, 6.45) is 2.68. The van der Waals surface area contributed by atoms with Gasteiger partial charge in [-0.3, -0.25) is 4.79 Å². The summed E-state index contributed by atoms with van der Waals surface area (Å²) in [5, 5.41) is 0. The van der Waals surface area contributed by atoms with Crippen LogP contribution in [0.2, 0.25) is 0 Å². The van der Waals surface area contributed by atoms with E-state index >= 15 is 0 Å². The van der Waals surface area contributed by atoms with Gasteiger partial charge < -0.3 is 15.4 Å². The summed E-state index contributed by atoms with van der Waals surface area (Å²) >= 11 is 0. The van der Waals surface area contributed by atoms with E-state index in [9.17, 15) is 4.79 Å². The molecule has 1 aliphatic rings. The number of nitrogens with zero attached hydrogens (tertiary/aromatic N) is 1. The van der Waals surface area contributed by atoms with E-state index in [0.717, 1.165) is 12.8 Å². The molecule has 0 radical (unpaired) electrons. The van der Waals surface area contributed by atoms with E-state index in [2.05, 4.69) is 20.8 Å². The SMILES string of the molecule is COCCN(C(=O)CC(N)C(C)(C)C)C1CC1. The molecule has 0 aliphatic heterocycles. The van der Waals surface area contributed by atoms with Crippen molar-refractivity contribution >= 4 is 5.91 Å². The van der Waals surface area contributed by atoms with Crippen LogP contribution in [0.5, 0.6) is 0 Å². The summed E-state index contributed by atoms with van der Waals surface area (Å²) < 4.78 is 5.05. The lowest BCUT2D eigenvalue weighted by Gasteiger charge is -2.29. The molecule has 0 aromatic rings. The average Bonchev–Trinajstić information content (AvgIpc) is 3.01. The standard InChI is InChI=1S/C13H26N2O2/c1-13(2,3)11(14)9-12(16)15(7-8-17-4)10-5-6-10/h10-11H,5-9,14H2,1-4H3. The van der Waals surface area contributed by atoms with Crippen LogP contribution in [0.4, 0.5) is 0 Å². The molecule has 100 valence electrons. The predicted molar refractivity (Wildman–Crippen MR) is 68.7 cm³/mol. The number of methoxy groups -OCH3 is 1. The Hall–Kier alpha value is -0.610. The van der Waals surface area contributed by atoms with E-state index in [1.165, 1.54) is 0 Å². The minimum atomic E-state index is -0.0844. The molecule has 4 nitrogen and oxygen atoms in total. The maximum atomic E-state index is 12.2. The number of hydrogen-bond acceptors (Lipinski definition) is 3. The predicted octanol–water partition coefficient (Wildman–Crippen LogP) is 1.39. The van der Waals surface area contributed by atoms with Crippen LogP contribution >= 0.6 is 0 Å². The Kier molecular flexibility index (Phi) is 4.95. The first kappa shape index (κ1) is 14.5. The third-order valence-corrected chi connectivity index (χ3v) is 3.35. The van der Waals surface area contributed by atoms with Crippen molar-refractivity contribution in [1.82, 2.24) is 4.90 Å². The van der Waals surface area contributed by atoms with Gasteiger partial charge in [-0.15, -0.1) is 0 Å². The lowest BCUT2D eigenvalue weighted by atomic mass is 9.85. The molecule has 0 saturated heterocycles. The molecule has 1 saturated carbocycles. The van der Waals surface area contributed by atoms with Gasteiger partial charge in [0.1, 0.15) is 0 Å². The van der Waals surface area contributed by atoms with Crippen molar-refractivity contribution in [3.63, 3.8) is 0 Å². The van der Waals surface area contributed by atoms with Crippen LogP contribution in [0.25, 0.3) is 0 Å². The molecule has 4 heteroatoms. The smallest absolute Gasteiger partial charge is 0.224 e. The van der Waals surface area contributed by atoms with E-state index in [0.29, 0.717) is 25.6 Å². The second-order valence-corrected chi connectivity index (χ2v) is 5.99. The molecule has 1 amide bonds. The first-order valence-corrected chi connectivity index (χ1v) is 6.40. The van der Waals surface area contributed by atoms with Crippen molar-refractivity contribution in [2.24, 2.45) is 11.1 Å². The van der Waals surface area contributed by atoms with Crippen molar-refractivity contribution in [2.45, 2.75) is 52.1 Å². The highest BCUT2D eigenvalue weighted by Crippen LogP contribution is 2.28. The van der Waals surface area contributed by atoms with Gasteiger partial charge in [-0.05, 0) is 18.3 Å². The van der Waals surface area contributed by atoms with Crippen LogP contribution in [0, 0.1) is 5.41 Å². The minimum absolute atomic E-state index is 0.0217. The molecule has 1 fully saturated rings. The second kappa shape index (κ2) is 5.83. The zero-order valence-electron chi connectivity index (χ0n) is 11.5. The normalized spacial score (nSPS) is 17.9. The van der Waals surface area contributed by atoms with Crippen LogP contribution in [0.1, 0.15) is 40.0 Å². The van der Waals surface area contributed by atoms with Gasteiger partial charge in [-0.1, -0.05) is 20.8 Å². The fourth-order valence-corrected chi connectivity index (χ4v) is 1.70. The van der Waals surface area contributed by atoms with E-state index < -0.39 is 0 Å². The van der Waals surface area contributed by atoms with Crippen LogP contribution in [-0.2, 0) is 9.53 Å². The Morgan fingerprint density at radius 3 is 2.47 bits per heavy atom. The Labute approximate surface area is 104 Å². The van der Waals surface area contributed by atoms with Crippen molar-refractivity contribution < 1.29 is 9.53 Å². The van der Waals surface area contributed by atoms with E-state index in [1.54, 1.807) is 7.11 Å². The molecule has 1 unspecified atom stereocenters. The maximum absolute atomic E-state index is 12.2. The fourth-order valence-electron chi connectivity index (χ4n) is 1.70. The quantitative estimate of drug-likeness (QED) is 0.765. The van der Waals surface area contributed by atoms with E-state index in [4.69, 9.17) is 10.5 Å². The Balaban J connectivity index is 2.47. The third kappa shape index (κ3) is 4.64. The number of carbonyl (C=O) groups is 1.